The fraction of sp³-hybridized carbons (Fsp3) is 0.583. The molecule has 10 heteroatoms. The first-order valence-corrected chi connectivity index (χ1v) is 11.9. The smallest absolute Gasteiger partial charge is 0.378 e. The van der Waals surface area contributed by atoms with Crippen molar-refractivity contribution in [2.45, 2.75) is 37.3 Å². The van der Waals surface area contributed by atoms with E-state index in [9.17, 15) is 18.0 Å². The maximum Gasteiger partial charge on any atom is 0.416 e. The Labute approximate surface area is 196 Å². The van der Waals surface area contributed by atoms with Gasteiger partial charge in [-0.3, -0.25) is 5.10 Å². The lowest BCUT2D eigenvalue weighted by Gasteiger charge is -2.41. The lowest BCUT2D eigenvalue weighted by atomic mass is 9.83. The molecule has 7 nitrogen and oxygen atoms in total. The number of hydrogen-bond acceptors (Lipinski definition) is 4. The number of piperidine rings is 1. The summed E-state index contributed by atoms with van der Waals surface area (Å²) >= 11 is 0. The van der Waals surface area contributed by atoms with Crippen LogP contribution in [0, 0.1) is 5.92 Å². The first kappa shape index (κ1) is 23.0. The molecule has 2 unspecified atom stereocenters. The lowest BCUT2D eigenvalue weighted by Crippen LogP contribution is -2.52. The van der Waals surface area contributed by atoms with Crippen LogP contribution in [0.25, 0.3) is 0 Å². The van der Waals surface area contributed by atoms with Crippen LogP contribution >= 0.6 is 0 Å². The van der Waals surface area contributed by atoms with E-state index >= 15 is 0 Å². The third-order valence-corrected chi connectivity index (χ3v) is 7.02. The molecule has 3 fully saturated rings. The number of urea groups is 1. The van der Waals surface area contributed by atoms with Crippen molar-refractivity contribution >= 4 is 11.8 Å². The normalized spacial score (nSPS) is 23.7. The third kappa shape index (κ3) is 5.32. The van der Waals surface area contributed by atoms with Gasteiger partial charge in [0.25, 0.3) is 0 Å². The number of aromatic nitrogens is 2. The average Bonchev–Trinajstić information content (AvgIpc) is 3.57. The fourth-order valence-electron chi connectivity index (χ4n) is 4.83. The minimum absolute atomic E-state index is 0.00927. The summed E-state index contributed by atoms with van der Waals surface area (Å²) in [4.78, 5) is 16.9. The highest BCUT2D eigenvalue weighted by molar-refractivity contribution is 5.75. The summed E-state index contributed by atoms with van der Waals surface area (Å²) in [6, 6.07) is 7.30. The number of aromatic amines is 1. The monoisotopic (exact) mass is 477 g/mol. The molecule has 1 aromatic heterocycles. The van der Waals surface area contributed by atoms with Crippen molar-refractivity contribution in [1.29, 1.82) is 0 Å². The van der Waals surface area contributed by atoms with E-state index in [1.54, 1.807) is 17.0 Å². The second-order valence-electron chi connectivity index (χ2n) is 9.57. The molecule has 1 aliphatic carbocycles. The third-order valence-electron chi connectivity index (χ3n) is 7.02. The number of halogens is 3. The van der Waals surface area contributed by atoms with Crippen molar-refractivity contribution in [3.05, 3.63) is 47.2 Å². The molecule has 2 atom stereocenters. The molecule has 1 aromatic carbocycles. The first-order valence-electron chi connectivity index (χ1n) is 11.9. The summed E-state index contributed by atoms with van der Waals surface area (Å²) in [5, 5.41) is 10.9. The SMILES string of the molecule is O=C(N1CCOCC1)N1CC(c2ccc(C(F)(F)F)cc2)CC(c2cc(NCC3CC3)n[nH]2)C1. The Morgan fingerprint density at radius 3 is 2.47 bits per heavy atom. The molecule has 0 bridgehead atoms. The Bertz CT molecular complexity index is 983. The van der Waals surface area contributed by atoms with Crippen LogP contribution in [0.4, 0.5) is 23.8 Å². The van der Waals surface area contributed by atoms with Gasteiger partial charge < -0.3 is 19.9 Å². The number of amides is 2. The first-order chi connectivity index (χ1) is 16.4. The number of morpholine rings is 1. The topological polar surface area (TPSA) is 73.5 Å². The van der Waals surface area contributed by atoms with Gasteiger partial charge in [-0.05, 0) is 42.9 Å². The molecular weight excluding hydrogens is 447 g/mol. The zero-order valence-corrected chi connectivity index (χ0v) is 19.0. The van der Waals surface area contributed by atoms with Gasteiger partial charge in [0.2, 0.25) is 0 Å². The Kier molecular flexibility index (Phi) is 6.42. The highest BCUT2D eigenvalue weighted by Crippen LogP contribution is 2.38. The van der Waals surface area contributed by atoms with E-state index in [0.717, 1.165) is 48.1 Å². The molecular formula is C24H30F3N5O2. The molecule has 2 N–H and O–H groups in total. The molecule has 5 rings (SSSR count). The van der Waals surface area contributed by atoms with E-state index in [4.69, 9.17) is 4.74 Å². The van der Waals surface area contributed by atoms with Crippen molar-refractivity contribution in [2.75, 3.05) is 51.3 Å². The van der Waals surface area contributed by atoms with E-state index in [1.807, 2.05) is 11.0 Å². The van der Waals surface area contributed by atoms with Gasteiger partial charge in [-0.25, -0.2) is 4.79 Å². The van der Waals surface area contributed by atoms with E-state index in [-0.39, 0.29) is 17.9 Å². The number of alkyl halides is 3. The highest BCUT2D eigenvalue weighted by atomic mass is 19.4. The maximum absolute atomic E-state index is 13.3. The molecule has 2 saturated heterocycles. The number of carbonyl (C=O) groups is 1. The Morgan fingerprint density at radius 2 is 1.79 bits per heavy atom. The van der Waals surface area contributed by atoms with Crippen molar-refractivity contribution in [3.8, 4) is 0 Å². The molecule has 3 aliphatic rings. The largest absolute Gasteiger partial charge is 0.416 e. The van der Waals surface area contributed by atoms with Gasteiger partial charge in [0, 0.05) is 56.3 Å². The lowest BCUT2D eigenvalue weighted by molar-refractivity contribution is -0.137. The van der Waals surface area contributed by atoms with Crippen molar-refractivity contribution in [3.63, 3.8) is 0 Å². The van der Waals surface area contributed by atoms with Crippen LogP contribution in [0.15, 0.2) is 30.3 Å². The Hall–Kier alpha value is -2.75. The van der Waals surface area contributed by atoms with Crippen LogP contribution in [-0.4, -0.2) is 72.0 Å². The summed E-state index contributed by atoms with van der Waals surface area (Å²) in [6.45, 7) is 4.04. The predicted octanol–water partition coefficient (Wildman–Crippen LogP) is 4.28. The van der Waals surface area contributed by atoms with Crippen LogP contribution < -0.4 is 5.32 Å². The van der Waals surface area contributed by atoms with E-state index in [0.29, 0.717) is 39.4 Å². The number of nitrogens with one attached hydrogen (secondary N) is 2. The van der Waals surface area contributed by atoms with E-state index in [1.165, 1.54) is 12.8 Å². The molecule has 34 heavy (non-hydrogen) atoms. The minimum atomic E-state index is -4.37. The van der Waals surface area contributed by atoms with Crippen molar-refractivity contribution < 1.29 is 22.7 Å². The molecule has 0 spiro atoms. The van der Waals surface area contributed by atoms with E-state index in [2.05, 4.69) is 15.5 Å². The quantitative estimate of drug-likeness (QED) is 0.675. The summed E-state index contributed by atoms with van der Waals surface area (Å²) in [5.74, 6) is 1.46. The number of H-pyrrole nitrogens is 1. The minimum Gasteiger partial charge on any atom is -0.378 e. The number of ether oxygens (including phenoxy) is 1. The average molecular weight is 478 g/mol. The summed E-state index contributed by atoms with van der Waals surface area (Å²) in [7, 11) is 0. The maximum atomic E-state index is 13.3. The molecule has 3 heterocycles. The van der Waals surface area contributed by atoms with Crippen LogP contribution in [-0.2, 0) is 10.9 Å². The highest BCUT2D eigenvalue weighted by Gasteiger charge is 2.36. The predicted molar refractivity (Wildman–Crippen MR) is 121 cm³/mol. The van der Waals surface area contributed by atoms with E-state index < -0.39 is 11.7 Å². The second kappa shape index (κ2) is 9.48. The molecule has 0 radical (unpaired) electrons. The number of rotatable bonds is 5. The molecule has 184 valence electrons. The van der Waals surface area contributed by atoms with Crippen LogP contribution in [0.1, 0.15) is 47.9 Å². The molecule has 2 aliphatic heterocycles. The summed E-state index contributed by atoms with van der Waals surface area (Å²) in [5.41, 5.74) is 1.09. The summed E-state index contributed by atoms with van der Waals surface area (Å²) in [6.07, 6.45) is -1.14. The van der Waals surface area contributed by atoms with Crippen LogP contribution in [0.2, 0.25) is 0 Å². The standard InChI is InChI=1S/C24H30F3N5O2/c25-24(26,27)20-5-3-17(4-6-20)18-11-19(21-12-22(30-29-21)28-13-16-1-2-16)15-32(14-18)23(33)31-7-9-34-10-8-31/h3-6,12,16,18-19H,1-2,7-11,13-15H2,(H2,28,29,30). The second-order valence-corrected chi connectivity index (χ2v) is 9.57. The Morgan fingerprint density at radius 1 is 1.09 bits per heavy atom. The number of benzene rings is 1. The van der Waals surface area contributed by atoms with Crippen molar-refractivity contribution in [2.24, 2.45) is 5.92 Å². The van der Waals surface area contributed by atoms with Crippen molar-refractivity contribution in [1.82, 2.24) is 20.0 Å². The van der Waals surface area contributed by atoms with Gasteiger partial charge in [-0.15, -0.1) is 0 Å². The van der Waals surface area contributed by atoms with Gasteiger partial charge in [0.1, 0.15) is 5.82 Å². The van der Waals surface area contributed by atoms with Gasteiger partial charge in [-0.1, -0.05) is 12.1 Å². The van der Waals surface area contributed by atoms with Crippen LogP contribution in [0.3, 0.4) is 0 Å². The number of carbonyl (C=O) groups excluding carboxylic acids is 1. The zero-order valence-electron chi connectivity index (χ0n) is 19.0. The number of hydrogen-bond donors (Lipinski definition) is 2. The Balaban J connectivity index is 1.35. The number of likely N-dealkylation sites (tertiary alicyclic amines) is 1. The zero-order chi connectivity index (χ0) is 23.7. The fourth-order valence-corrected chi connectivity index (χ4v) is 4.83. The van der Waals surface area contributed by atoms with Crippen LogP contribution in [0.5, 0.6) is 0 Å². The van der Waals surface area contributed by atoms with Gasteiger partial charge in [-0.2, -0.15) is 18.3 Å². The molecule has 1 saturated carbocycles. The van der Waals surface area contributed by atoms with Gasteiger partial charge in [0.15, 0.2) is 0 Å². The van der Waals surface area contributed by atoms with Gasteiger partial charge >= 0.3 is 12.2 Å². The number of nitrogens with zero attached hydrogens (tertiary/aromatic N) is 3. The summed E-state index contributed by atoms with van der Waals surface area (Å²) < 4.78 is 44.5. The van der Waals surface area contributed by atoms with Gasteiger partial charge in [0.05, 0.1) is 18.8 Å². The number of anilines is 1. The molecule has 2 aromatic rings. The molecule has 2 amide bonds.